The number of ether oxygens (including phenoxy) is 1. The molecule has 0 saturated carbocycles. The van der Waals surface area contributed by atoms with Crippen molar-refractivity contribution < 1.29 is 4.74 Å². The topological polar surface area (TPSA) is 53.5 Å². The molecule has 1 aromatic heterocycles. The number of rotatable bonds is 5. The summed E-state index contributed by atoms with van der Waals surface area (Å²) in [5.41, 5.74) is 1.31. The van der Waals surface area contributed by atoms with Crippen molar-refractivity contribution in [3.63, 3.8) is 0 Å². The van der Waals surface area contributed by atoms with E-state index in [1.165, 1.54) is 12.8 Å². The van der Waals surface area contributed by atoms with E-state index in [0.29, 0.717) is 5.92 Å². The molecule has 1 N–H and O–H groups in total. The van der Waals surface area contributed by atoms with Crippen molar-refractivity contribution in [2.45, 2.75) is 37.6 Å². The molecule has 1 atom stereocenters. The van der Waals surface area contributed by atoms with Gasteiger partial charge in [-0.05, 0) is 60.4 Å². The second-order valence-electron chi connectivity index (χ2n) is 7.56. The number of aryl methyl sites for hydroxylation is 1. The van der Waals surface area contributed by atoms with Crippen molar-refractivity contribution in [2.24, 2.45) is 0 Å². The number of nitrogens with one attached hydrogen (secondary N) is 1. The molecule has 24 heavy (non-hydrogen) atoms. The maximum atomic E-state index is 5.51. The fourth-order valence-electron chi connectivity index (χ4n) is 3.73. The normalized spacial score (nSPS) is 24.5. The zero-order valence-electron chi connectivity index (χ0n) is 15.5. The maximum absolute atomic E-state index is 5.51. The Balaban J connectivity index is 1.70. The Hall–Kier alpha value is -1.24. The van der Waals surface area contributed by atoms with Crippen molar-refractivity contribution >= 4 is 5.82 Å². The summed E-state index contributed by atoms with van der Waals surface area (Å²) in [7, 11) is 6.59. The van der Waals surface area contributed by atoms with Crippen LogP contribution >= 0.6 is 0 Å². The molecule has 0 aliphatic carbocycles. The van der Waals surface area contributed by atoms with Gasteiger partial charge in [-0.2, -0.15) is 0 Å². The highest BCUT2D eigenvalue weighted by molar-refractivity contribution is 5.38. The van der Waals surface area contributed by atoms with E-state index < -0.39 is 0 Å². The summed E-state index contributed by atoms with van der Waals surface area (Å²) in [6, 6.07) is 2.12. The predicted molar refractivity (Wildman–Crippen MR) is 96.6 cm³/mol. The molecule has 0 aromatic carbocycles. The number of hydrogen-bond acceptors (Lipinski definition) is 6. The highest BCUT2D eigenvalue weighted by Crippen LogP contribution is 2.28. The summed E-state index contributed by atoms with van der Waals surface area (Å²) < 4.78 is 5.51. The van der Waals surface area contributed by atoms with Crippen LogP contribution in [0.5, 0.6) is 0 Å². The Kier molecular flexibility index (Phi) is 5.37. The van der Waals surface area contributed by atoms with Gasteiger partial charge in [0.15, 0.2) is 0 Å². The Bertz CT molecular complexity index is 548. The lowest BCUT2D eigenvalue weighted by molar-refractivity contribution is 0.0773. The first kappa shape index (κ1) is 17.6. The van der Waals surface area contributed by atoms with E-state index in [1.54, 1.807) is 0 Å². The summed E-state index contributed by atoms with van der Waals surface area (Å²) in [6.07, 6.45) is 3.41. The van der Waals surface area contributed by atoms with Gasteiger partial charge >= 0.3 is 0 Å². The summed E-state index contributed by atoms with van der Waals surface area (Å²) in [6.45, 7) is 6.81. The minimum atomic E-state index is 0.196. The molecule has 2 saturated heterocycles. The van der Waals surface area contributed by atoms with Gasteiger partial charge < -0.3 is 19.9 Å². The molecule has 1 aromatic rings. The fraction of sp³-hybridized carbons (Fsp3) is 0.778. The van der Waals surface area contributed by atoms with Gasteiger partial charge in [0.2, 0.25) is 0 Å². The smallest absolute Gasteiger partial charge is 0.130 e. The largest absolute Gasteiger partial charge is 0.381 e. The van der Waals surface area contributed by atoms with E-state index in [9.17, 15) is 0 Å². The Morgan fingerprint density at radius 2 is 2.08 bits per heavy atom. The average Bonchev–Trinajstić information content (AvgIpc) is 3.08. The van der Waals surface area contributed by atoms with Crippen molar-refractivity contribution in [1.82, 2.24) is 19.8 Å². The molecule has 2 fully saturated rings. The first-order chi connectivity index (χ1) is 11.5. The number of anilines is 1. The van der Waals surface area contributed by atoms with Crippen LogP contribution in [0.3, 0.4) is 0 Å². The van der Waals surface area contributed by atoms with E-state index in [2.05, 4.69) is 52.3 Å². The number of piperidine rings is 1. The van der Waals surface area contributed by atoms with Gasteiger partial charge in [-0.3, -0.25) is 0 Å². The summed E-state index contributed by atoms with van der Waals surface area (Å²) in [4.78, 5) is 14.0. The molecule has 3 heterocycles. The predicted octanol–water partition coefficient (Wildman–Crippen LogP) is 1.73. The van der Waals surface area contributed by atoms with Crippen LogP contribution in [0, 0.1) is 6.92 Å². The fourth-order valence-corrected chi connectivity index (χ4v) is 3.73. The molecule has 1 unspecified atom stereocenters. The first-order valence-corrected chi connectivity index (χ1v) is 9.02. The van der Waals surface area contributed by atoms with E-state index in [-0.39, 0.29) is 5.54 Å². The highest BCUT2D eigenvalue weighted by Gasteiger charge is 2.35. The second kappa shape index (κ2) is 7.33. The van der Waals surface area contributed by atoms with Crippen LogP contribution in [-0.4, -0.2) is 79.3 Å². The number of nitrogens with zero attached hydrogens (tertiary/aromatic N) is 4. The molecule has 0 amide bonds. The van der Waals surface area contributed by atoms with Crippen LogP contribution in [0.4, 0.5) is 5.82 Å². The summed E-state index contributed by atoms with van der Waals surface area (Å²) in [5.74, 6) is 2.20. The van der Waals surface area contributed by atoms with E-state index in [0.717, 1.165) is 56.6 Å². The standard InChI is InChI=1S/C18H31N5O/c1-14-20-16(15-5-10-24-12-15)11-17(21-14)19-13-18(22(2)3)6-8-23(4)9-7-18/h11,15H,5-10,12-13H2,1-4H3,(H,19,20,21). The SMILES string of the molecule is Cc1nc(NCC2(N(C)C)CCN(C)CC2)cc(C2CCOC2)n1. The van der Waals surface area contributed by atoms with Gasteiger partial charge in [-0.25, -0.2) is 9.97 Å². The van der Waals surface area contributed by atoms with Crippen molar-refractivity contribution in [1.29, 1.82) is 0 Å². The maximum Gasteiger partial charge on any atom is 0.130 e. The lowest BCUT2D eigenvalue weighted by atomic mass is 9.86. The van der Waals surface area contributed by atoms with Crippen LogP contribution < -0.4 is 5.32 Å². The lowest BCUT2D eigenvalue weighted by Gasteiger charge is -2.45. The van der Waals surface area contributed by atoms with E-state index in [1.807, 2.05) is 6.92 Å². The third-order valence-electron chi connectivity index (χ3n) is 5.67. The highest BCUT2D eigenvalue weighted by atomic mass is 16.5. The summed E-state index contributed by atoms with van der Waals surface area (Å²) >= 11 is 0. The number of aromatic nitrogens is 2. The molecular formula is C18H31N5O. The zero-order chi connectivity index (χ0) is 17.2. The van der Waals surface area contributed by atoms with Crippen LogP contribution in [0.1, 0.15) is 36.7 Å². The van der Waals surface area contributed by atoms with Crippen molar-refractivity contribution in [3.05, 3.63) is 17.6 Å². The van der Waals surface area contributed by atoms with Crippen LogP contribution in [0.25, 0.3) is 0 Å². The van der Waals surface area contributed by atoms with Crippen LogP contribution in [0.15, 0.2) is 6.07 Å². The van der Waals surface area contributed by atoms with Gasteiger partial charge in [0, 0.05) is 30.7 Å². The minimum Gasteiger partial charge on any atom is -0.381 e. The number of likely N-dealkylation sites (N-methyl/N-ethyl adjacent to an activating group) is 1. The Morgan fingerprint density at radius 1 is 1.33 bits per heavy atom. The molecule has 2 aliphatic heterocycles. The first-order valence-electron chi connectivity index (χ1n) is 9.02. The summed E-state index contributed by atoms with van der Waals surface area (Å²) in [5, 5.41) is 3.60. The van der Waals surface area contributed by atoms with Crippen molar-refractivity contribution in [2.75, 3.05) is 59.3 Å². The lowest BCUT2D eigenvalue weighted by Crippen LogP contribution is -2.55. The number of hydrogen-bond donors (Lipinski definition) is 1. The van der Waals surface area contributed by atoms with E-state index in [4.69, 9.17) is 4.74 Å². The van der Waals surface area contributed by atoms with Gasteiger partial charge in [0.25, 0.3) is 0 Å². The van der Waals surface area contributed by atoms with Crippen molar-refractivity contribution in [3.8, 4) is 0 Å². The Labute approximate surface area is 145 Å². The minimum absolute atomic E-state index is 0.196. The molecule has 134 valence electrons. The monoisotopic (exact) mass is 333 g/mol. The average molecular weight is 333 g/mol. The third-order valence-corrected chi connectivity index (χ3v) is 5.67. The molecule has 3 rings (SSSR count). The van der Waals surface area contributed by atoms with E-state index >= 15 is 0 Å². The zero-order valence-corrected chi connectivity index (χ0v) is 15.5. The molecule has 0 radical (unpaired) electrons. The van der Waals surface area contributed by atoms with Crippen LogP contribution in [0.2, 0.25) is 0 Å². The molecule has 6 nitrogen and oxygen atoms in total. The second-order valence-corrected chi connectivity index (χ2v) is 7.56. The molecular weight excluding hydrogens is 302 g/mol. The molecule has 2 aliphatic rings. The third kappa shape index (κ3) is 3.87. The van der Waals surface area contributed by atoms with Gasteiger partial charge in [-0.15, -0.1) is 0 Å². The Morgan fingerprint density at radius 3 is 2.71 bits per heavy atom. The molecule has 0 bridgehead atoms. The van der Waals surface area contributed by atoms with Crippen LogP contribution in [-0.2, 0) is 4.74 Å². The van der Waals surface area contributed by atoms with Gasteiger partial charge in [-0.1, -0.05) is 0 Å². The number of likely N-dealkylation sites (tertiary alicyclic amines) is 1. The molecule has 0 spiro atoms. The van der Waals surface area contributed by atoms with Gasteiger partial charge in [0.05, 0.1) is 12.3 Å². The van der Waals surface area contributed by atoms with Gasteiger partial charge in [0.1, 0.15) is 11.6 Å². The molecule has 6 heteroatoms. The quantitative estimate of drug-likeness (QED) is 0.886.